The van der Waals surface area contributed by atoms with E-state index in [4.69, 9.17) is 0 Å². The molecule has 1 aliphatic heterocycles. The zero-order valence-electron chi connectivity index (χ0n) is 11.3. The molecule has 1 saturated heterocycles. The number of nitrogens with zero attached hydrogens (tertiary/aromatic N) is 3. The van der Waals surface area contributed by atoms with Crippen molar-refractivity contribution in [1.29, 1.82) is 0 Å². The lowest BCUT2D eigenvalue weighted by Gasteiger charge is -2.15. The molecule has 0 saturated carbocycles. The third-order valence-corrected chi connectivity index (χ3v) is 4.28. The number of anilines is 2. The zero-order chi connectivity index (χ0) is 13.9. The highest BCUT2D eigenvalue weighted by Crippen LogP contribution is 2.20. The standard InChI is InChI=1S/C14H16N4OS/c1-10-8-20-9-12(10)15-14(19)11-4-5-13(17-16-11)18-6-2-3-7-18/h4-5,8-9H,2-3,6-7H2,1H3,(H,15,19). The maximum absolute atomic E-state index is 12.1. The number of aryl methyl sites for hydroxylation is 1. The van der Waals surface area contributed by atoms with E-state index < -0.39 is 0 Å². The first-order valence-corrected chi connectivity index (χ1v) is 7.61. The van der Waals surface area contributed by atoms with Crippen molar-refractivity contribution in [2.45, 2.75) is 19.8 Å². The van der Waals surface area contributed by atoms with Crippen LogP contribution in [0.5, 0.6) is 0 Å². The largest absolute Gasteiger partial charge is 0.355 e. The number of nitrogens with one attached hydrogen (secondary N) is 1. The van der Waals surface area contributed by atoms with Crippen molar-refractivity contribution in [3.63, 3.8) is 0 Å². The van der Waals surface area contributed by atoms with E-state index in [1.807, 2.05) is 23.8 Å². The summed E-state index contributed by atoms with van der Waals surface area (Å²) in [7, 11) is 0. The van der Waals surface area contributed by atoms with Crippen LogP contribution in [0.15, 0.2) is 22.9 Å². The summed E-state index contributed by atoms with van der Waals surface area (Å²) in [5.41, 5.74) is 2.24. The van der Waals surface area contributed by atoms with Crippen molar-refractivity contribution >= 4 is 28.7 Å². The Bertz CT molecular complexity index is 602. The van der Waals surface area contributed by atoms with E-state index in [2.05, 4.69) is 20.4 Å². The van der Waals surface area contributed by atoms with Crippen LogP contribution in [0.1, 0.15) is 28.9 Å². The van der Waals surface area contributed by atoms with Crippen LogP contribution in [-0.2, 0) is 0 Å². The number of hydrogen-bond acceptors (Lipinski definition) is 5. The van der Waals surface area contributed by atoms with E-state index >= 15 is 0 Å². The lowest BCUT2D eigenvalue weighted by Crippen LogP contribution is -2.21. The molecule has 1 fully saturated rings. The predicted molar refractivity (Wildman–Crippen MR) is 80.5 cm³/mol. The van der Waals surface area contributed by atoms with Gasteiger partial charge >= 0.3 is 0 Å². The molecule has 20 heavy (non-hydrogen) atoms. The molecule has 1 aliphatic rings. The van der Waals surface area contributed by atoms with Gasteiger partial charge in [0.1, 0.15) is 0 Å². The fourth-order valence-electron chi connectivity index (χ4n) is 2.24. The third-order valence-electron chi connectivity index (χ3n) is 3.42. The highest BCUT2D eigenvalue weighted by molar-refractivity contribution is 7.08. The van der Waals surface area contributed by atoms with Crippen molar-refractivity contribution < 1.29 is 4.79 Å². The van der Waals surface area contributed by atoms with Gasteiger partial charge in [-0.05, 0) is 42.8 Å². The minimum atomic E-state index is -0.216. The Morgan fingerprint density at radius 3 is 2.65 bits per heavy atom. The second-order valence-electron chi connectivity index (χ2n) is 4.89. The molecule has 1 amide bonds. The van der Waals surface area contributed by atoms with Crippen LogP contribution in [0, 0.1) is 6.92 Å². The maximum atomic E-state index is 12.1. The van der Waals surface area contributed by atoms with Gasteiger partial charge in [-0.15, -0.1) is 21.5 Å². The summed E-state index contributed by atoms with van der Waals surface area (Å²) in [6.07, 6.45) is 2.39. The van der Waals surface area contributed by atoms with Crippen LogP contribution in [0.3, 0.4) is 0 Å². The van der Waals surface area contributed by atoms with Crippen molar-refractivity contribution in [3.8, 4) is 0 Å². The third kappa shape index (κ3) is 2.65. The smallest absolute Gasteiger partial charge is 0.276 e. The van der Waals surface area contributed by atoms with Crippen LogP contribution < -0.4 is 10.2 Å². The summed E-state index contributed by atoms with van der Waals surface area (Å²) < 4.78 is 0. The van der Waals surface area contributed by atoms with Gasteiger partial charge in [-0.25, -0.2) is 0 Å². The van der Waals surface area contributed by atoms with Gasteiger partial charge in [0, 0.05) is 18.5 Å². The molecule has 0 bridgehead atoms. The van der Waals surface area contributed by atoms with Gasteiger partial charge in [0.05, 0.1) is 5.69 Å². The molecule has 1 N–H and O–H groups in total. The van der Waals surface area contributed by atoms with Gasteiger partial charge in [-0.1, -0.05) is 0 Å². The van der Waals surface area contributed by atoms with Gasteiger partial charge in [0.25, 0.3) is 5.91 Å². The van der Waals surface area contributed by atoms with Gasteiger partial charge < -0.3 is 10.2 Å². The molecule has 6 heteroatoms. The molecule has 0 unspecified atom stereocenters. The average Bonchev–Trinajstić information content (AvgIpc) is 3.12. The fraction of sp³-hybridized carbons (Fsp3) is 0.357. The lowest BCUT2D eigenvalue weighted by atomic mass is 10.3. The molecular weight excluding hydrogens is 272 g/mol. The molecule has 0 spiro atoms. The second-order valence-corrected chi connectivity index (χ2v) is 5.64. The van der Waals surface area contributed by atoms with E-state index in [-0.39, 0.29) is 5.91 Å². The van der Waals surface area contributed by atoms with Gasteiger partial charge in [0.2, 0.25) is 0 Å². The Labute approximate surface area is 121 Å². The summed E-state index contributed by atoms with van der Waals surface area (Å²) in [6.45, 7) is 4.01. The molecule has 104 valence electrons. The monoisotopic (exact) mass is 288 g/mol. The number of carbonyl (C=O) groups is 1. The van der Waals surface area contributed by atoms with Crippen LogP contribution in [-0.4, -0.2) is 29.2 Å². The number of carbonyl (C=O) groups excluding carboxylic acids is 1. The molecule has 2 aromatic rings. The minimum Gasteiger partial charge on any atom is -0.355 e. The Hall–Kier alpha value is -1.95. The molecule has 3 heterocycles. The summed E-state index contributed by atoms with van der Waals surface area (Å²) in [5.74, 6) is 0.637. The van der Waals surface area contributed by atoms with Crippen molar-refractivity contribution in [3.05, 3.63) is 34.2 Å². The summed E-state index contributed by atoms with van der Waals surface area (Å²) in [5, 5.41) is 14.9. The molecule has 0 aromatic carbocycles. The first kappa shape index (κ1) is 13.1. The van der Waals surface area contributed by atoms with Crippen LogP contribution in [0.2, 0.25) is 0 Å². The molecule has 0 radical (unpaired) electrons. The normalized spacial score (nSPS) is 14.6. The van der Waals surface area contributed by atoms with E-state index in [1.165, 1.54) is 12.8 Å². The number of amides is 1. The zero-order valence-corrected chi connectivity index (χ0v) is 12.1. The van der Waals surface area contributed by atoms with Crippen molar-refractivity contribution in [2.75, 3.05) is 23.3 Å². The predicted octanol–water partition coefficient (Wildman–Crippen LogP) is 2.70. The van der Waals surface area contributed by atoms with Crippen LogP contribution in [0.4, 0.5) is 11.5 Å². The van der Waals surface area contributed by atoms with Gasteiger partial charge in [-0.2, -0.15) is 0 Å². The van der Waals surface area contributed by atoms with E-state index in [9.17, 15) is 4.79 Å². The number of rotatable bonds is 3. The number of hydrogen-bond donors (Lipinski definition) is 1. The minimum absolute atomic E-state index is 0.216. The highest BCUT2D eigenvalue weighted by atomic mass is 32.1. The molecule has 0 aliphatic carbocycles. The molecule has 5 nitrogen and oxygen atoms in total. The van der Waals surface area contributed by atoms with E-state index in [0.717, 1.165) is 30.2 Å². The Balaban J connectivity index is 1.70. The van der Waals surface area contributed by atoms with Crippen LogP contribution in [0.25, 0.3) is 0 Å². The lowest BCUT2D eigenvalue weighted by molar-refractivity contribution is 0.102. The second kappa shape index (κ2) is 5.58. The first-order chi connectivity index (χ1) is 9.74. The Kier molecular flexibility index (Phi) is 3.64. The van der Waals surface area contributed by atoms with Gasteiger partial charge in [-0.3, -0.25) is 4.79 Å². The quantitative estimate of drug-likeness (QED) is 0.943. The highest BCUT2D eigenvalue weighted by Gasteiger charge is 2.15. The Morgan fingerprint density at radius 2 is 2.05 bits per heavy atom. The SMILES string of the molecule is Cc1cscc1NC(=O)c1ccc(N2CCCC2)nn1. The van der Waals surface area contributed by atoms with Gasteiger partial charge in [0.15, 0.2) is 11.5 Å². The summed E-state index contributed by atoms with van der Waals surface area (Å²) >= 11 is 1.57. The van der Waals surface area contributed by atoms with Crippen LogP contribution >= 0.6 is 11.3 Å². The first-order valence-electron chi connectivity index (χ1n) is 6.67. The summed E-state index contributed by atoms with van der Waals surface area (Å²) in [6, 6.07) is 3.60. The van der Waals surface area contributed by atoms with E-state index in [0.29, 0.717) is 5.69 Å². The fourth-order valence-corrected chi connectivity index (χ4v) is 3.02. The van der Waals surface area contributed by atoms with Crippen molar-refractivity contribution in [2.24, 2.45) is 0 Å². The molecule has 2 aromatic heterocycles. The maximum Gasteiger partial charge on any atom is 0.276 e. The topological polar surface area (TPSA) is 58.1 Å². The Morgan fingerprint density at radius 1 is 1.25 bits per heavy atom. The molecule has 3 rings (SSSR count). The molecule has 0 atom stereocenters. The van der Waals surface area contributed by atoms with E-state index in [1.54, 1.807) is 17.4 Å². The molecular formula is C14H16N4OS. The number of thiophene rings is 1. The summed E-state index contributed by atoms with van der Waals surface area (Å²) in [4.78, 5) is 14.3. The average molecular weight is 288 g/mol. The number of aromatic nitrogens is 2. The van der Waals surface area contributed by atoms with Crippen molar-refractivity contribution in [1.82, 2.24) is 10.2 Å².